The molecule has 4 heteroatoms. The number of ether oxygens (including phenoxy) is 1. The van der Waals surface area contributed by atoms with Crippen LogP contribution in [0, 0.1) is 12.3 Å². The summed E-state index contributed by atoms with van der Waals surface area (Å²) in [6.07, 6.45) is 4.96. The summed E-state index contributed by atoms with van der Waals surface area (Å²) in [5, 5.41) is 2.57. The lowest BCUT2D eigenvalue weighted by atomic mass is 10.6. The van der Waals surface area contributed by atoms with Gasteiger partial charge in [0.15, 0.2) is 0 Å². The number of rotatable bonds is 6. The normalized spacial score (nSPS) is 9.00. The van der Waals surface area contributed by atoms with E-state index in [-0.39, 0.29) is 5.91 Å². The monoisotopic (exact) mass is 187 g/mol. The second-order valence-corrected chi connectivity index (χ2v) is 3.13. The molecule has 0 unspecified atom stereocenters. The van der Waals surface area contributed by atoms with Crippen LogP contribution in [0.2, 0.25) is 0 Å². The minimum atomic E-state index is -0.0194. The third-order valence-corrected chi connectivity index (χ3v) is 1.97. The topological polar surface area (TPSA) is 38.3 Å². The van der Waals surface area contributed by atoms with Crippen LogP contribution in [-0.4, -0.2) is 37.7 Å². The van der Waals surface area contributed by atoms with E-state index < -0.39 is 0 Å². The van der Waals surface area contributed by atoms with Gasteiger partial charge in [-0.1, -0.05) is 5.92 Å². The number of thioether (sulfide) groups is 1. The number of hydrogen-bond donors (Lipinski definition) is 1. The predicted molar refractivity (Wildman–Crippen MR) is 51.0 cm³/mol. The first-order valence-electron chi connectivity index (χ1n) is 3.58. The van der Waals surface area contributed by atoms with E-state index in [9.17, 15) is 4.79 Å². The Morgan fingerprint density at radius 1 is 1.75 bits per heavy atom. The molecule has 0 fully saturated rings. The van der Waals surface area contributed by atoms with Crippen LogP contribution in [0.25, 0.3) is 0 Å². The lowest BCUT2D eigenvalue weighted by Gasteiger charge is -2.00. The highest BCUT2D eigenvalue weighted by Gasteiger charge is 1.98. The maximum absolute atomic E-state index is 10.9. The second kappa shape index (κ2) is 8.44. The Balaban J connectivity index is 3.15. The van der Waals surface area contributed by atoms with Gasteiger partial charge in [0.25, 0.3) is 0 Å². The third-order valence-electron chi connectivity index (χ3n) is 1.05. The highest BCUT2D eigenvalue weighted by molar-refractivity contribution is 7.99. The van der Waals surface area contributed by atoms with Crippen molar-refractivity contribution in [3.05, 3.63) is 0 Å². The molecule has 0 aromatic carbocycles. The molecule has 0 rings (SSSR count). The molecule has 0 aliphatic heterocycles. The second-order valence-electron chi connectivity index (χ2n) is 2.03. The van der Waals surface area contributed by atoms with Gasteiger partial charge in [0.05, 0.1) is 18.9 Å². The van der Waals surface area contributed by atoms with Crippen molar-refractivity contribution < 1.29 is 9.53 Å². The summed E-state index contributed by atoms with van der Waals surface area (Å²) < 4.78 is 4.82. The molecule has 68 valence electrons. The van der Waals surface area contributed by atoms with E-state index in [4.69, 9.17) is 11.2 Å². The van der Waals surface area contributed by atoms with Crippen molar-refractivity contribution >= 4 is 17.7 Å². The van der Waals surface area contributed by atoms with E-state index in [2.05, 4.69) is 11.2 Å². The summed E-state index contributed by atoms with van der Waals surface area (Å²) in [5.41, 5.74) is 0. The van der Waals surface area contributed by atoms with Crippen molar-refractivity contribution in [2.24, 2.45) is 0 Å². The summed E-state index contributed by atoms with van der Waals surface area (Å²) in [7, 11) is 1.64. The average Bonchev–Trinajstić information content (AvgIpc) is 2.09. The van der Waals surface area contributed by atoms with Crippen LogP contribution in [0.4, 0.5) is 0 Å². The first kappa shape index (κ1) is 11.3. The number of terminal acetylenes is 1. The van der Waals surface area contributed by atoms with Crippen LogP contribution in [0.5, 0.6) is 0 Å². The largest absolute Gasteiger partial charge is 0.384 e. The summed E-state index contributed by atoms with van der Waals surface area (Å²) in [4.78, 5) is 10.9. The highest BCUT2D eigenvalue weighted by atomic mass is 32.2. The van der Waals surface area contributed by atoms with Crippen molar-refractivity contribution in [3.8, 4) is 12.3 Å². The van der Waals surface area contributed by atoms with Gasteiger partial charge in [-0.2, -0.15) is 0 Å². The van der Waals surface area contributed by atoms with E-state index in [1.807, 2.05) is 0 Å². The molecule has 0 aliphatic carbocycles. The zero-order chi connectivity index (χ0) is 9.23. The Morgan fingerprint density at radius 3 is 3.08 bits per heavy atom. The van der Waals surface area contributed by atoms with E-state index in [1.165, 1.54) is 11.8 Å². The van der Waals surface area contributed by atoms with Crippen molar-refractivity contribution in [1.82, 2.24) is 5.32 Å². The number of hydrogen-bond acceptors (Lipinski definition) is 3. The van der Waals surface area contributed by atoms with E-state index in [1.54, 1.807) is 7.11 Å². The predicted octanol–water partition coefficient (Wildman–Crippen LogP) is 0.115. The van der Waals surface area contributed by atoms with Crippen molar-refractivity contribution in [3.63, 3.8) is 0 Å². The molecule has 12 heavy (non-hydrogen) atoms. The van der Waals surface area contributed by atoms with Gasteiger partial charge < -0.3 is 10.1 Å². The van der Waals surface area contributed by atoms with Crippen LogP contribution in [0.1, 0.15) is 0 Å². The van der Waals surface area contributed by atoms with Gasteiger partial charge in [0, 0.05) is 12.9 Å². The smallest absolute Gasteiger partial charge is 0.230 e. The van der Waals surface area contributed by atoms with Gasteiger partial charge in [-0.05, 0) is 0 Å². The van der Waals surface area contributed by atoms with Crippen LogP contribution in [0.15, 0.2) is 0 Å². The van der Waals surface area contributed by atoms with Gasteiger partial charge in [0.1, 0.15) is 0 Å². The number of amides is 1. The Hall–Kier alpha value is -0.660. The van der Waals surface area contributed by atoms with E-state index >= 15 is 0 Å². The molecule has 0 saturated carbocycles. The van der Waals surface area contributed by atoms with Crippen molar-refractivity contribution in [1.29, 1.82) is 0 Å². The molecule has 0 aromatic rings. The fourth-order valence-electron chi connectivity index (χ4n) is 0.508. The van der Waals surface area contributed by atoms with Crippen molar-refractivity contribution in [2.75, 3.05) is 31.8 Å². The first-order chi connectivity index (χ1) is 5.81. The number of carbonyl (C=O) groups is 1. The number of nitrogens with one attached hydrogen (secondary N) is 1. The minimum absolute atomic E-state index is 0.0194. The summed E-state index contributed by atoms with van der Waals surface area (Å²) in [6.45, 7) is 0.983. The fourth-order valence-corrected chi connectivity index (χ4v) is 1.22. The lowest BCUT2D eigenvalue weighted by molar-refractivity contribution is -0.118. The Labute approximate surface area is 77.2 Å². The molecule has 0 heterocycles. The zero-order valence-electron chi connectivity index (χ0n) is 7.13. The maximum atomic E-state index is 10.9. The zero-order valence-corrected chi connectivity index (χ0v) is 7.95. The quantitative estimate of drug-likeness (QED) is 0.474. The Bertz CT molecular complexity index is 165. The fraction of sp³-hybridized carbons (Fsp3) is 0.625. The molecule has 0 aromatic heterocycles. The molecule has 1 amide bonds. The van der Waals surface area contributed by atoms with Gasteiger partial charge >= 0.3 is 0 Å². The highest BCUT2D eigenvalue weighted by Crippen LogP contribution is 1.97. The minimum Gasteiger partial charge on any atom is -0.384 e. The van der Waals surface area contributed by atoms with Crippen LogP contribution in [-0.2, 0) is 9.53 Å². The molecular weight excluding hydrogens is 174 g/mol. The van der Waals surface area contributed by atoms with Gasteiger partial charge in [-0.15, -0.1) is 18.2 Å². The summed E-state index contributed by atoms with van der Waals surface area (Å²) >= 11 is 1.53. The lowest BCUT2D eigenvalue weighted by Crippen LogP contribution is -2.25. The number of methoxy groups -OCH3 is 1. The van der Waals surface area contributed by atoms with Gasteiger partial charge in [0.2, 0.25) is 5.91 Å². The standard InChI is InChI=1S/C8H13NO2S/c1-3-4-9-8(10)7-12-6-5-11-2/h1H,4-7H2,2H3,(H,9,10). The SMILES string of the molecule is C#CCNC(=O)CSCCOC. The van der Waals surface area contributed by atoms with Crippen molar-refractivity contribution in [2.45, 2.75) is 0 Å². The average molecular weight is 187 g/mol. The molecule has 0 aliphatic rings. The molecule has 0 radical (unpaired) electrons. The molecule has 0 atom stereocenters. The number of carbonyl (C=O) groups excluding carboxylic acids is 1. The Kier molecular flexibility index (Phi) is 7.97. The molecule has 0 saturated heterocycles. The maximum Gasteiger partial charge on any atom is 0.230 e. The molecular formula is C8H13NO2S. The van der Waals surface area contributed by atoms with E-state index in [0.29, 0.717) is 18.9 Å². The molecule has 1 N–H and O–H groups in total. The Morgan fingerprint density at radius 2 is 2.50 bits per heavy atom. The molecule has 0 spiro atoms. The third kappa shape index (κ3) is 7.45. The summed E-state index contributed by atoms with van der Waals surface area (Å²) in [5.74, 6) is 3.60. The van der Waals surface area contributed by atoms with Gasteiger partial charge in [-0.25, -0.2) is 0 Å². The molecule has 3 nitrogen and oxygen atoms in total. The van der Waals surface area contributed by atoms with Crippen LogP contribution in [0.3, 0.4) is 0 Å². The van der Waals surface area contributed by atoms with Crippen LogP contribution < -0.4 is 5.32 Å². The summed E-state index contributed by atoms with van der Waals surface area (Å²) in [6, 6.07) is 0. The first-order valence-corrected chi connectivity index (χ1v) is 4.73. The van der Waals surface area contributed by atoms with Gasteiger partial charge in [-0.3, -0.25) is 4.79 Å². The van der Waals surface area contributed by atoms with E-state index in [0.717, 1.165) is 5.75 Å². The van der Waals surface area contributed by atoms with Crippen LogP contribution >= 0.6 is 11.8 Å². The molecule has 0 bridgehead atoms.